The van der Waals surface area contributed by atoms with Gasteiger partial charge >= 0.3 is 0 Å². The zero-order valence-corrected chi connectivity index (χ0v) is 11.7. The van der Waals surface area contributed by atoms with Crippen molar-refractivity contribution in [2.45, 2.75) is 59.0 Å². The molecule has 0 heterocycles. The second-order valence-corrected chi connectivity index (χ2v) is 6.93. The minimum Gasteiger partial charge on any atom is -0.351 e. The lowest BCUT2D eigenvalue weighted by atomic mass is 10.1. The van der Waals surface area contributed by atoms with E-state index in [2.05, 4.69) is 10.6 Å². The zero-order chi connectivity index (χ0) is 13.4. The molecule has 1 saturated carbocycles. The quantitative estimate of drug-likeness (QED) is 0.767. The van der Waals surface area contributed by atoms with Crippen molar-refractivity contribution in [3.8, 4) is 0 Å². The summed E-state index contributed by atoms with van der Waals surface area (Å²) in [5, 5.41) is 5.82. The van der Waals surface area contributed by atoms with Crippen molar-refractivity contribution in [3.63, 3.8) is 0 Å². The van der Waals surface area contributed by atoms with Gasteiger partial charge in [0, 0.05) is 11.1 Å². The van der Waals surface area contributed by atoms with Crippen molar-refractivity contribution in [1.82, 2.24) is 10.6 Å². The molecule has 1 rings (SSSR count). The zero-order valence-electron chi connectivity index (χ0n) is 11.7. The molecule has 4 heteroatoms. The topological polar surface area (TPSA) is 58.2 Å². The standard InChI is InChI=1S/C13H24N2O2/c1-12(2,3)14-10(16)8-7-9(8)11(17)15-13(4,5)6/h8-9H,7H2,1-6H3,(H,14,16)(H,15,17). The molecule has 0 spiro atoms. The number of hydrogen-bond donors (Lipinski definition) is 2. The molecule has 2 amide bonds. The van der Waals surface area contributed by atoms with Gasteiger partial charge in [0.05, 0.1) is 11.8 Å². The normalized spacial score (nSPS) is 24.1. The van der Waals surface area contributed by atoms with E-state index in [9.17, 15) is 9.59 Å². The molecule has 0 bridgehead atoms. The molecule has 4 nitrogen and oxygen atoms in total. The number of carbonyl (C=O) groups is 2. The molecule has 2 atom stereocenters. The molecule has 0 aliphatic heterocycles. The summed E-state index contributed by atoms with van der Waals surface area (Å²) < 4.78 is 0. The molecule has 2 N–H and O–H groups in total. The molecule has 0 aromatic rings. The van der Waals surface area contributed by atoms with E-state index in [1.807, 2.05) is 41.5 Å². The molecule has 98 valence electrons. The summed E-state index contributed by atoms with van der Waals surface area (Å²) in [6.45, 7) is 11.7. The Labute approximate surface area is 104 Å². The van der Waals surface area contributed by atoms with Crippen LogP contribution in [-0.4, -0.2) is 22.9 Å². The third kappa shape index (κ3) is 4.75. The smallest absolute Gasteiger partial charge is 0.224 e. The lowest BCUT2D eigenvalue weighted by Crippen LogP contribution is -2.44. The number of nitrogens with one attached hydrogen (secondary N) is 2. The maximum atomic E-state index is 11.8. The van der Waals surface area contributed by atoms with Crippen molar-refractivity contribution in [2.75, 3.05) is 0 Å². The molecule has 0 radical (unpaired) electrons. The van der Waals surface area contributed by atoms with Gasteiger partial charge in [0.25, 0.3) is 0 Å². The van der Waals surface area contributed by atoms with Crippen LogP contribution in [0.25, 0.3) is 0 Å². The highest BCUT2D eigenvalue weighted by Crippen LogP contribution is 2.39. The number of rotatable bonds is 2. The van der Waals surface area contributed by atoms with Crippen molar-refractivity contribution in [2.24, 2.45) is 11.8 Å². The summed E-state index contributed by atoms with van der Waals surface area (Å²) in [5.74, 6) is -0.300. The van der Waals surface area contributed by atoms with Crippen LogP contribution in [0.5, 0.6) is 0 Å². The first-order valence-corrected chi connectivity index (χ1v) is 6.14. The predicted molar refractivity (Wildman–Crippen MR) is 67.4 cm³/mol. The third-order valence-corrected chi connectivity index (χ3v) is 2.46. The van der Waals surface area contributed by atoms with Gasteiger partial charge in [-0.3, -0.25) is 9.59 Å². The van der Waals surface area contributed by atoms with E-state index in [0.29, 0.717) is 6.42 Å². The molecule has 2 unspecified atom stereocenters. The summed E-state index contributed by atoms with van der Waals surface area (Å²) in [6.07, 6.45) is 0.670. The van der Waals surface area contributed by atoms with E-state index in [-0.39, 0.29) is 34.7 Å². The lowest BCUT2D eigenvalue weighted by molar-refractivity contribution is -0.128. The van der Waals surface area contributed by atoms with Gasteiger partial charge < -0.3 is 10.6 Å². The highest BCUT2D eigenvalue weighted by Gasteiger charge is 2.49. The van der Waals surface area contributed by atoms with Crippen LogP contribution in [0.2, 0.25) is 0 Å². The monoisotopic (exact) mass is 240 g/mol. The fourth-order valence-electron chi connectivity index (χ4n) is 1.70. The Bertz CT molecular complexity index is 291. The first kappa shape index (κ1) is 14.0. The number of amides is 2. The van der Waals surface area contributed by atoms with Crippen LogP contribution in [-0.2, 0) is 9.59 Å². The van der Waals surface area contributed by atoms with Gasteiger partial charge in [-0.25, -0.2) is 0 Å². The maximum absolute atomic E-state index is 11.8. The van der Waals surface area contributed by atoms with E-state index < -0.39 is 0 Å². The summed E-state index contributed by atoms with van der Waals surface area (Å²) in [6, 6.07) is 0. The van der Waals surface area contributed by atoms with Crippen LogP contribution in [0, 0.1) is 11.8 Å². The van der Waals surface area contributed by atoms with Crippen molar-refractivity contribution >= 4 is 11.8 Å². The van der Waals surface area contributed by atoms with E-state index in [4.69, 9.17) is 0 Å². The fraction of sp³-hybridized carbons (Fsp3) is 0.846. The highest BCUT2D eigenvalue weighted by molar-refractivity contribution is 5.92. The molecule has 1 fully saturated rings. The first-order chi connectivity index (χ1) is 7.49. The molecule has 1 aliphatic rings. The second-order valence-electron chi connectivity index (χ2n) is 6.93. The van der Waals surface area contributed by atoms with Crippen molar-refractivity contribution in [1.29, 1.82) is 0 Å². The summed E-state index contributed by atoms with van der Waals surface area (Å²) in [5.41, 5.74) is -0.463. The average Bonchev–Trinajstić information content (AvgIpc) is 2.74. The molecule has 1 aliphatic carbocycles. The van der Waals surface area contributed by atoms with Gasteiger partial charge in [-0.05, 0) is 48.0 Å². The van der Waals surface area contributed by atoms with Crippen LogP contribution >= 0.6 is 0 Å². The van der Waals surface area contributed by atoms with Gasteiger partial charge in [-0.1, -0.05) is 0 Å². The SMILES string of the molecule is CC(C)(C)NC(=O)C1CC1C(=O)NC(C)(C)C. The number of hydrogen-bond acceptors (Lipinski definition) is 2. The Hall–Kier alpha value is -1.06. The third-order valence-electron chi connectivity index (χ3n) is 2.46. The van der Waals surface area contributed by atoms with Gasteiger partial charge in [0.15, 0.2) is 0 Å². The minimum atomic E-state index is -0.231. The van der Waals surface area contributed by atoms with E-state index in [1.165, 1.54) is 0 Å². The molecular formula is C13H24N2O2. The fourth-order valence-corrected chi connectivity index (χ4v) is 1.70. The predicted octanol–water partition coefficient (Wildman–Crippen LogP) is 1.45. The van der Waals surface area contributed by atoms with Crippen LogP contribution < -0.4 is 10.6 Å². The molecule has 17 heavy (non-hydrogen) atoms. The minimum absolute atomic E-state index is 0.00782. The van der Waals surface area contributed by atoms with Crippen LogP contribution in [0.3, 0.4) is 0 Å². The lowest BCUT2D eigenvalue weighted by Gasteiger charge is -2.22. The van der Waals surface area contributed by atoms with Crippen LogP contribution in [0.1, 0.15) is 48.0 Å². The first-order valence-electron chi connectivity index (χ1n) is 6.14. The van der Waals surface area contributed by atoms with E-state index >= 15 is 0 Å². The second kappa shape index (κ2) is 4.31. The Morgan fingerprint density at radius 3 is 1.35 bits per heavy atom. The summed E-state index contributed by atoms with van der Waals surface area (Å²) in [7, 11) is 0. The molecular weight excluding hydrogens is 216 g/mol. The van der Waals surface area contributed by atoms with Crippen LogP contribution in [0.4, 0.5) is 0 Å². The maximum Gasteiger partial charge on any atom is 0.224 e. The van der Waals surface area contributed by atoms with E-state index in [1.54, 1.807) is 0 Å². The summed E-state index contributed by atoms with van der Waals surface area (Å²) >= 11 is 0. The van der Waals surface area contributed by atoms with Gasteiger partial charge in [-0.15, -0.1) is 0 Å². The summed E-state index contributed by atoms with van der Waals surface area (Å²) in [4.78, 5) is 23.6. The molecule has 0 aromatic carbocycles. The van der Waals surface area contributed by atoms with Crippen LogP contribution in [0.15, 0.2) is 0 Å². The van der Waals surface area contributed by atoms with Crippen molar-refractivity contribution in [3.05, 3.63) is 0 Å². The number of carbonyl (C=O) groups excluding carboxylic acids is 2. The van der Waals surface area contributed by atoms with Gasteiger partial charge in [0.1, 0.15) is 0 Å². The Kier molecular flexibility index (Phi) is 3.55. The van der Waals surface area contributed by atoms with Crippen molar-refractivity contribution < 1.29 is 9.59 Å². The largest absolute Gasteiger partial charge is 0.351 e. The Balaban J connectivity index is 2.44. The Morgan fingerprint density at radius 2 is 1.12 bits per heavy atom. The van der Waals surface area contributed by atoms with E-state index in [0.717, 1.165) is 0 Å². The van der Waals surface area contributed by atoms with Gasteiger partial charge in [-0.2, -0.15) is 0 Å². The Morgan fingerprint density at radius 1 is 0.824 bits per heavy atom. The molecule has 0 aromatic heterocycles. The molecule has 0 saturated heterocycles. The highest BCUT2D eigenvalue weighted by atomic mass is 16.2. The average molecular weight is 240 g/mol. The van der Waals surface area contributed by atoms with Gasteiger partial charge in [0.2, 0.25) is 11.8 Å².